The lowest BCUT2D eigenvalue weighted by Gasteiger charge is -2.28. The molecule has 0 fully saturated rings. The van der Waals surface area contributed by atoms with Crippen molar-refractivity contribution >= 4 is 11.9 Å². The largest absolute Gasteiger partial charge is 0.481 e. The molecule has 2 rings (SSSR count). The van der Waals surface area contributed by atoms with Gasteiger partial charge >= 0.3 is 5.97 Å². The number of fused-ring (bicyclic) bond motifs is 1. The zero-order valence-corrected chi connectivity index (χ0v) is 12.6. The van der Waals surface area contributed by atoms with Crippen LogP contribution in [0.1, 0.15) is 41.8 Å². The SMILES string of the molecule is CCN(C(=O)c1ccc2c(c1)CNCC2)C(C)CC(=O)O. The van der Waals surface area contributed by atoms with Gasteiger partial charge in [0.1, 0.15) is 0 Å². The molecule has 1 aromatic rings. The quantitative estimate of drug-likeness (QED) is 0.865. The second-order valence-corrected chi connectivity index (χ2v) is 5.45. The second kappa shape index (κ2) is 6.72. The van der Waals surface area contributed by atoms with E-state index in [9.17, 15) is 9.59 Å². The van der Waals surface area contributed by atoms with E-state index in [1.54, 1.807) is 11.8 Å². The smallest absolute Gasteiger partial charge is 0.305 e. The number of nitrogens with zero attached hydrogens (tertiary/aromatic N) is 1. The maximum atomic E-state index is 12.6. The summed E-state index contributed by atoms with van der Waals surface area (Å²) in [5.41, 5.74) is 3.08. The van der Waals surface area contributed by atoms with E-state index in [1.807, 2.05) is 25.1 Å². The van der Waals surface area contributed by atoms with Gasteiger partial charge < -0.3 is 15.3 Å². The van der Waals surface area contributed by atoms with Crippen LogP contribution < -0.4 is 5.32 Å². The van der Waals surface area contributed by atoms with Crippen LogP contribution in [0.25, 0.3) is 0 Å². The average Bonchev–Trinajstić information content (AvgIpc) is 2.46. The molecule has 0 aromatic heterocycles. The summed E-state index contributed by atoms with van der Waals surface area (Å²) in [5, 5.41) is 12.2. The monoisotopic (exact) mass is 290 g/mol. The molecule has 1 aliphatic rings. The minimum Gasteiger partial charge on any atom is -0.481 e. The summed E-state index contributed by atoms with van der Waals surface area (Å²) in [6.07, 6.45) is 0.947. The number of benzene rings is 1. The Labute approximate surface area is 125 Å². The molecule has 1 aliphatic heterocycles. The van der Waals surface area contributed by atoms with Crippen LogP contribution in [-0.4, -0.2) is 41.0 Å². The molecule has 114 valence electrons. The van der Waals surface area contributed by atoms with Gasteiger partial charge in [0, 0.05) is 24.7 Å². The van der Waals surface area contributed by atoms with Crippen molar-refractivity contribution in [3.05, 3.63) is 34.9 Å². The molecule has 1 unspecified atom stereocenters. The minimum atomic E-state index is -0.886. The van der Waals surface area contributed by atoms with E-state index in [0.717, 1.165) is 25.1 Å². The van der Waals surface area contributed by atoms with E-state index in [1.165, 1.54) is 5.56 Å². The Hall–Kier alpha value is -1.88. The molecule has 1 atom stereocenters. The van der Waals surface area contributed by atoms with Gasteiger partial charge in [-0.1, -0.05) is 6.07 Å². The molecule has 5 heteroatoms. The van der Waals surface area contributed by atoms with Crippen LogP contribution in [0, 0.1) is 0 Å². The van der Waals surface area contributed by atoms with Crippen molar-refractivity contribution in [3.63, 3.8) is 0 Å². The van der Waals surface area contributed by atoms with E-state index in [-0.39, 0.29) is 18.4 Å². The molecule has 0 spiro atoms. The molecule has 0 saturated carbocycles. The highest BCUT2D eigenvalue weighted by atomic mass is 16.4. The summed E-state index contributed by atoms with van der Waals surface area (Å²) in [5.74, 6) is -0.983. The summed E-state index contributed by atoms with van der Waals surface area (Å²) in [6.45, 7) is 5.90. The van der Waals surface area contributed by atoms with Gasteiger partial charge in [0.2, 0.25) is 0 Å². The van der Waals surface area contributed by atoms with Gasteiger partial charge in [-0.05, 0) is 50.1 Å². The molecule has 5 nitrogen and oxygen atoms in total. The van der Waals surface area contributed by atoms with Crippen LogP contribution in [-0.2, 0) is 17.8 Å². The fourth-order valence-corrected chi connectivity index (χ4v) is 2.80. The first-order valence-corrected chi connectivity index (χ1v) is 7.38. The third kappa shape index (κ3) is 3.61. The molecule has 21 heavy (non-hydrogen) atoms. The molecular weight excluding hydrogens is 268 g/mol. The molecule has 0 saturated heterocycles. The Bertz CT molecular complexity index is 542. The average molecular weight is 290 g/mol. The van der Waals surface area contributed by atoms with Gasteiger partial charge in [-0.25, -0.2) is 0 Å². The number of carbonyl (C=O) groups is 2. The van der Waals surface area contributed by atoms with Gasteiger partial charge in [-0.2, -0.15) is 0 Å². The predicted octanol–water partition coefficient (Wildman–Crippen LogP) is 1.66. The lowest BCUT2D eigenvalue weighted by Crippen LogP contribution is -2.39. The van der Waals surface area contributed by atoms with Gasteiger partial charge in [-0.15, -0.1) is 0 Å². The third-order valence-electron chi connectivity index (χ3n) is 3.94. The van der Waals surface area contributed by atoms with E-state index < -0.39 is 5.97 Å². The Morgan fingerprint density at radius 3 is 2.81 bits per heavy atom. The Kier molecular flexibility index (Phi) is 4.96. The maximum absolute atomic E-state index is 12.6. The summed E-state index contributed by atoms with van der Waals surface area (Å²) in [6, 6.07) is 5.48. The lowest BCUT2D eigenvalue weighted by atomic mass is 9.98. The number of amides is 1. The highest BCUT2D eigenvalue weighted by Crippen LogP contribution is 2.18. The molecule has 0 radical (unpaired) electrons. The van der Waals surface area contributed by atoms with E-state index in [0.29, 0.717) is 12.1 Å². The highest BCUT2D eigenvalue weighted by molar-refractivity contribution is 5.95. The van der Waals surface area contributed by atoms with Crippen molar-refractivity contribution in [2.24, 2.45) is 0 Å². The number of hydrogen-bond donors (Lipinski definition) is 2. The maximum Gasteiger partial charge on any atom is 0.305 e. The van der Waals surface area contributed by atoms with Crippen LogP contribution in [0.5, 0.6) is 0 Å². The number of carboxylic acid groups (broad SMARTS) is 1. The number of nitrogens with one attached hydrogen (secondary N) is 1. The van der Waals surface area contributed by atoms with Crippen LogP contribution in [0.3, 0.4) is 0 Å². The first kappa shape index (κ1) is 15.5. The summed E-state index contributed by atoms with van der Waals surface area (Å²) >= 11 is 0. The highest BCUT2D eigenvalue weighted by Gasteiger charge is 2.22. The van der Waals surface area contributed by atoms with Gasteiger partial charge in [0.15, 0.2) is 0 Å². The van der Waals surface area contributed by atoms with Crippen molar-refractivity contribution in [2.45, 2.75) is 39.3 Å². The summed E-state index contributed by atoms with van der Waals surface area (Å²) in [4.78, 5) is 25.0. The third-order valence-corrected chi connectivity index (χ3v) is 3.94. The van der Waals surface area contributed by atoms with Crippen molar-refractivity contribution in [1.82, 2.24) is 10.2 Å². The Balaban J connectivity index is 2.19. The zero-order chi connectivity index (χ0) is 15.4. The lowest BCUT2D eigenvalue weighted by molar-refractivity contribution is -0.138. The fourth-order valence-electron chi connectivity index (χ4n) is 2.80. The Morgan fingerprint density at radius 2 is 2.14 bits per heavy atom. The zero-order valence-electron chi connectivity index (χ0n) is 12.6. The molecule has 1 amide bonds. The van der Waals surface area contributed by atoms with Gasteiger partial charge in [0.25, 0.3) is 5.91 Å². The van der Waals surface area contributed by atoms with Crippen LogP contribution in [0.2, 0.25) is 0 Å². The summed E-state index contributed by atoms with van der Waals surface area (Å²) in [7, 11) is 0. The second-order valence-electron chi connectivity index (χ2n) is 5.45. The van der Waals surface area contributed by atoms with E-state index in [4.69, 9.17) is 5.11 Å². The molecule has 1 heterocycles. The Morgan fingerprint density at radius 1 is 1.38 bits per heavy atom. The molecule has 0 aliphatic carbocycles. The first-order valence-electron chi connectivity index (χ1n) is 7.38. The van der Waals surface area contributed by atoms with Crippen molar-refractivity contribution in [3.8, 4) is 0 Å². The first-order chi connectivity index (χ1) is 10.0. The minimum absolute atomic E-state index is 0.0356. The van der Waals surface area contributed by atoms with Crippen LogP contribution in [0.15, 0.2) is 18.2 Å². The predicted molar refractivity (Wildman–Crippen MR) is 80.3 cm³/mol. The number of aliphatic carboxylic acids is 1. The van der Waals surface area contributed by atoms with E-state index >= 15 is 0 Å². The van der Waals surface area contributed by atoms with E-state index in [2.05, 4.69) is 5.32 Å². The summed E-state index contributed by atoms with van der Waals surface area (Å²) < 4.78 is 0. The topological polar surface area (TPSA) is 69.6 Å². The fraction of sp³-hybridized carbons (Fsp3) is 0.500. The molecule has 2 N–H and O–H groups in total. The number of carboxylic acids is 1. The number of carbonyl (C=O) groups excluding carboxylic acids is 1. The van der Waals surface area contributed by atoms with Crippen LogP contribution >= 0.6 is 0 Å². The normalized spacial score (nSPS) is 15.1. The molecule has 0 bridgehead atoms. The van der Waals surface area contributed by atoms with Crippen LogP contribution in [0.4, 0.5) is 0 Å². The van der Waals surface area contributed by atoms with Crippen molar-refractivity contribution < 1.29 is 14.7 Å². The van der Waals surface area contributed by atoms with Gasteiger partial charge in [-0.3, -0.25) is 9.59 Å². The molecule has 1 aromatic carbocycles. The van der Waals surface area contributed by atoms with Crippen molar-refractivity contribution in [2.75, 3.05) is 13.1 Å². The van der Waals surface area contributed by atoms with Gasteiger partial charge in [0.05, 0.1) is 6.42 Å². The number of hydrogen-bond acceptors (Lipinski definition) is 3. The van der Waals surface area contributed by atoms with Crippen molar-refractivity contribution in [1.29, 1.82) is 0 Å². The number of rotatable bonds is 5. The standard InChI is InChI=1S/C16H22N2O3/c1-3-18(11(2)8-15(19)20)16(21)13-5-4-12-6-7-17-10-14(12)9-13/h4-5,9,11,17H,3,6-8,10H2,1-2H3,(H,19,20). The molecular formula is C16H22N2O3.